The van der Waals surface area contributed by atoms with Gasteiger partial charge in [0.2, 0.25) is 15.5 Å². The van der Waals surface area contributed by atoms with Gasteiger partial charge in [-0.15, -0.1) is 0 Å². The standard InChI is InChI=1S/C25H37N3O5S/c1-5-28-17-22(25(30)26-14-9-15-33-18(2)3)24(29)21-16-20(12-13-23(21)28)34(31,32)27(4)19-10-7-6-8-11-19/h12-13,16-19H,5-11,14-15H2,1-4H3,(H,26,30). The molecule has 0 radical (unpaired) electrons. The van der Waals surface area contributed by atoms with E-state index < -0.39 is 21.4 Å². The van der Waals surface area contributed by atoms with Crippen LogP contribution in [0.3, 0.4) is 0 Å². The SMILES string of the molecule is CCn1cc(C(=O)NCCCOC(C)C)c(=O)c2cc(S(=O)(=O)N(C)C3CCCCC3)ccc21. The summed E-state index contributed by atoms with van der Waals surface area (Å²) in [4.78, 5) is 26.1. The lowest BCUT2D eigenvalue weighted by Crippen LogP contribution is -2.38. The van der Waals surface area contributed by atoms with Crippen LogP contribution in [0.2, 0.25) is 0 Å². The van der Waals surface area contributed by atoms with Crippen LogP contribution in [0.4, 0.5) is 0 Å². The number of pyridine rings is 1. The minimum absolute atomic E-state index is 0.00862. The van der Waals surface area contributed by atoms with Crippen LogP contribution in [-0.4, -0.2) is 55.5 Å². The number of hydrogen-bond donors (Lipinski definition) is 1. The van der Waals surface area contributed by atoms with Gasteiger partial charge in [-0.1, -0.05) is 19.3 Å². The molecule has 8 nitrogen and oxygen atoms in total. The summed E-state index contributed by atoms with van der Waals surface area (Å²) in [5, 5.41) is 3.01. The molecule has 34 heavy (non-hydrogen) atoms. The van der Waals surface area contributed by atoms with E-state index in [0.29, 0.717) is 31.6 Å². The quantitative estimate of drug-likeness (QED) is 0.513. The number of carbonyl (C=O) groups excluding carboxylic acids is 1. The molecule has 188 valence electrons. The first-order valence-corrected chi connectivity index (χ1v) is 13.7. The van der Waals surface area contributed by atoms with Gasteiger partial charge in [-0.3, -0.25) is 9.59 Å². The van der Waals surface area contributed by atoms with Crippen molar-refractivity contribution in [2.45, 2.75) is 82.9 Å². The molecule has 0 aliphatic heterocycles. The molecule has 1 fully saturated rings. The molecule has 1 aromatic carbocycles. The normalized spacial score (nSPS) is 15.4. The molecule has 3 rings (SSSR count). The Morgan fingerprint density at radius 1 is 1.24 bits per heavy atom. The number of rotatable bonds is 10. The van der Waals surface area contributed by atoms with Crippen molar-refractivity contribution in [3.05, 3.63) is 40.2 Å². The molecule has 1 aromatic heterocycles. The van der Waals surface area contributed by atoms with E-state index in [1.54, 1.807) is 29.9 Å². The van der Waals surface area contributed by atoms with Gasteiger partial charge in [-0.2, -0.15) is 4.31 Å². The highest BCUT2D eigenvalue weighted by Gasteiger charge is 2.29. The molecule has 2 aromatic rings. The van der Waals surface area contributed by atoms with Crippen molar-refractivity contribution in [2.75, 3.05) is 20.2 Å². The zero-order chi connectivity index (χ0) is 24.9. The molecule has 0 atom stereocenters. The second-order valence-electron chi connectivity index (χ2n) is 9.18. The number of aromatic nitrogens is 1. The van der Waals surface area contributed by atoms with Crippen LogP contribution in [0.5, 0.6) is 0 Å². The topological polar surface area (TPSA) is 97.7 Å². The molecular weight excluding hydrogens is 454 g/mol. The Morgan fingerprint density at radius 3 is 2.59 bits per heavy atom. The third kappa shape index (κ3) is 5.87. The van der Waals surface area contributed by atoms with Crippen molar-refractivity contribution >= 4 is 26.8 Å². The summed E-state index contributed by atoms with van der Waals surface area (Å²) >= 11 is 0. The number of sulfonamides is 1. The first kappa shape index (κ1) is 26.4. The number of carbonyl (C=O) groups is 1. The molecule has 1 heterocycles. The number of hydrogen-bond acceptors (Lipinski definition) is 5. The maximum atomic E-state index is 13.3. The largest absolute Gasteiger partial charge is 0.379 e. The lowest BCUT2D eigenvalue weighted by molar-refractivity contribution is 0.0757. The van der Waals surface area contributed by atoms with Gasteiger partial charge < -0.3 is 14.6 Å². The molecule has 0 saturated heterocycles. The molecule has 0 bridgehead atoms. The number of amides is 1. The summed E-state index contributed by atoms with van der Waals surface area (Å²) in [7, 11) is -2.14. The second-order valence-corrected chi connectivity index (χ2v) is 11.2. The van der Waals surface area contributed by atoms with Gasteiger partial charge in [0.25, 0.3) is 5.91 Å². The Bertz CT molecular complexity index is 1170. The number of aryl methyl sites for hydroxylation is 1. The first-order valence-electron chi connectivity index (χ1n) is 12.2. The maximum Gasteiger partial charge on any atom is 0.256 e. The molecule has 0 spiro atoms. The van der Waals surface area contributed by atoms with Gasteiger partial charge in [-0.05, 0) is 58.2 Å². The third-order valence-corrected chi connectivity index (χ3v) is 8.37. The molecule has 9 heteroatoms. The molecular formula is C25H37N3O5S. The summed E-state index contributed by atoms with van der Waals surface area (Å²) in [5.41, 5.74) is 0.149. The van der Waals surface area contributed by atoms with Crippen molar-refractivity contribution in [1.29, 1.82) is 0 Å². The van der Waals surface area contributed by atoms with Crippen LogP contribution in [0.1, 0.15) is 69.7 Å². The average molecular weight is 492 g/mol. The van der Waals surface area contributed by atoms with Crippen molar-refractivity contribution < 1.29 is 17.9 Å². The average Bonchev–Trinajstić information content (AvgIpc) is 2.83. The summed E-state index contributed by atoms with van der Waals surface area (Å²) in [5.74, 6) is -0.466. The minimum atomic E-state index is -3.76. The Labute approximate surface area is 202 Å². The zero-order valence-electron chi connectivity index (χ0n) is 20.7. The van der Waals surface area contributed by atoms with E-state index in [2.05, 4.69) is 5.32 Å². The maximum absolute atomic E-state index is 13.3. The van der Waals surface area contributed by atoms with E-state index in [4.69, 9.17) is 4.74 Å². The predicted octanol–water partition coefficient (Wildman–Crippen LogP) is 3.52. The van der Waals surface area contributed by atoms with Crippen molar-refractivity contribution in [3.63, 3.8) is 0 Å². The number of ether oxygens (including phenoxy) is 1. The van der Waals surface area contributed by atoms with Crippen LogP contribution in [0.25, 0.3) is 10.9 Å². The molecule has 0 unspecified atom stereocenters. The van der Waals surface area contributed by atoms with E-state index in [-0.39, 0.29) is 28.0 Å². The Kier molecular flexibility index (Phi) is 8.89. The summed E-state index contributed by atoms with van der Waals surface area (Å²) in [6.45, 7) is 7.24. The predicted molar refractivity (Wildman–Crippen MR) is 134 cm³/mol. The van der Waals surface area contributed by atoms with Crippen LogP contribution in [0, 0.1) is 0 Å². The first-order chi connectivity index (χ1) is 16.2. The smallest absolute Gasteiger partial charge is 0.256 e. The number of nitrogens with zero attached hydrogens (tertiary/aromatic N) is 2. The Morgan fingerprint density at radius 2 is 1.94 bits per heavy atom. The summed E-state index contributed by atoms with van der Waals surface area (Å²) < 4.78 is 35.4. The fraction of sp³-hybridized carbons (Fsp3) is 0.600. The van der Waals surface area contributed by atoms with E-state index in [1.165, 1.54) is 10.4 Å². The van der Waals surface area contributed by atoms with Gasteiger partial charge in [0.1, 0.15) is 5.56 Å². The fourth-order valence-corrected chi connectivity index (χ4v) is 5.90. The summed E-state index contributed by atoms with van der Waals surface area (Å²) in [6.07, 6.45) is 7.17. The highest BCUT2D eigenvalue weighted by Crippen LogP contribution is 2.27. The van der Waals surface area contributed by atoms with E-state index >= 15 is 0 Å². The van der Waals surface area contributed by atoms with Crippen molar-refractivity contribution in [1.82, 2.24) is 14.2 Å². The lowest BCUT2D eigenvalue weighted by Gasteiger charge is -2.30. The van der Waals surface area contributed by atoms with Crippen LogP contribution in [-0.2, 0) is 21.3 Å². The van der Waals surface area contributed by atoms with E-state index in [1.807, 2.05) is 20.8 Å². The number of benzene rings is 1. The third-order valence-electron chi connectivity index (χ3n) is 6.46. The molecule has 1 saturated carbocycles. The lowest BCUT2D eigenvalue weighted by atomic mass is 9.96. The highest BCUT2D eigenvalue weighted by atomic mass is 32.2. The van der Waals surface area contributed by atoms with Crippen LogP contribution < -0.4 is 10.7 Å². The van der Waals surface area contributed by atoms with E-state index in [9.17, 15) is 18.0 Å². The number of nitrogens with one attached hydrogen (secondary N) is 1. The minimum Gasteiger partial charge on any atom is -0.379 e. The second kappa shape index (κ2) is 11.5. The Hall–Kier alpha value is -2.23. The molecule has 1 aliphatic carbocycles. The molecule has 1 N–H and O–H groups in total. The van der Waals surface area contributed by atoms with Crippen LogP contribution in [0.15, 0.2) is 34.1 Å². The van der Waals surface area contributed by atoms with Gasteiger partial charge in [0.05, 0.1) is 16.5 Å². The van der Waals surface area contributed by atoms with Crippen molar-refractivity contribution in [2.24, 2.45) is 0 Å². The van der Waals surface area contributed by atoms with Gasteiger partial charge in [0.15, 0.2) is 0 Å². The molecule has 1 aliphatic rings. The summed E-state index contributed by atoms with van der Waals surface area (Å²) in [6, 6.07) is 4.61. The van der Waals surface area contributed by atoms with Crippen molar-refractivity contribution in [3.8, 4) is 0 Å². The fourth-order valence-electron chi connectivity index (χ4n) is 4.46. The highest BCUT2D eigenvalue weighted by molar-refractivity contribution is 7.89. The van der Waals surface area contributed by atoms with Gasteiger partial charge in [0, 0.05) is 44.4 Å². The van der Waals surface area contributed by atoms with E-state index in [0.717, 1.165) is 32.1 Å². The zero-order valence-corrected chi connectivity index (χ0v) is 21.5. The number of fused-ring (bicyclic) bond motifs is 1. The molecule has 1 amide bonds. The van der Waals surface area contributed by atoms with Crippen LogP contribution >= 0.6 is 0 Å². The monoisotopic (exact) mass is 491 g/mol. The Balaban J connectivity index is 1.91. The van der Waals surface area contributed by atoms with Gasteiger partial charge >= 0.3 is 0 Å². The van der Waals surface area contributed by atoms with Gasteiger partial charge in [-0.25, -0.2) is 8.42 Å².